The van der Waals surface area contributed by atoms with E-state index < -0.39 is 94.4 Å². The first-order valence-corrected chi connectivity index (χ1v) is 12.9. The number of aliphatic hydroxyl groups excluding tert-OH is 8. The number of aromatic amines is 1. The fourth-order valence-electron chi connectivity index (χ4n) is 2.76. The molecule has 0 saturated carbocycles. The van der Waals surface area contributed by atoms with Crippen LogP contribution in [0.1, 0.15) is 6.23 Å². The molecular formula is C15H26N2Na2O18P2. The van der Waals surface area contributed by atoms with Crippen molar-refractivity contribution in [3.05, 3.63) is 33.1 Å². The molecule has 0 aliphatic carbocycles. The van der Waals surface area contributed by atoms with Crippen molar-refractivity contribution in [1.29, 1.82) is 0 Å². The molecule has 1 aromatic heterocycles. The van der Waals surface area contributed by atoms with E-state index in [0.29, 0.717) is 0 Å². The zero-order valence-corrected chi connectivity index (χ0v) is 26.1. The van der Waals surface area contributed by atoms with Crippen LogP contribution in [0.4, 0.5) is 0 Å². The Morgan fingerprint density at radius 1 is 1.03 bits per heavy atom. The Kier molecular flexibility index (Phi) is 18.5. The Balaban J connectivity index is 0. The van der Waals surface area contributed by atoms with Gasteiger partial charge in [0, 0.05) is 71.4 Å². The molecule has 0 amide bonds. The molecule has 1 aliphatic rings. The van der Waals surface area contributed by atoms with E-state index in [0.717, 1.165) is 16.8 Å². The second-order valence-corrected chi connectivity index (χ2v) is 10.5. The van der Waals surface area contributed by atoms with Crippen LogP contribution in [0.5, 0.6) is 0 Å². The number of aliphatic hydroxyl groups is 8. The summed E-state index contributed by atoms with van der Waals surface area (Å²) < 4.78 is 30.9. The zero-order valence-electron chi connectivity index (χ0n) is 20.3. The Bertz CT molecular complexity index is 1130. The Labute approximate surface area is 261 Å². The number of nitrogens with one attached hydrogen (secondary N) is 1. The van der Waals surface area contributed by atoms with E-state index in [2.05, 4.69) is 4.31 Å². The maximum Gasteiger partial charge on any atom is 0.477 e. The number of phosphoric acid groups is 1. The number of carbonyl (C=O) groups is 1. The average molecular weight is 630 g/mol. The molecule has 1 aromatic rings. The van der Waals surface area contributed by atoms with Gasteiger partial charge in [-0.2, -0.15) is 0 Å². The molecule has 1 aliphatic heterocycles. The molecule has 2 rings (SSSR count). The average Bonchev–Trinajstić information content (AvgIpc) is 3.09. The van der Waals surface area contributed by atoms with E-state index in [1.165, 1.54) is 0 Å². The summed E-state index contributed by atoms with van der Waals surface area (Å²) in [6.07, 6.45) is -13.1. The molecule has 2 heterocycles. The minimum atomic E-state index is -5.66. The fraction of sp³-hybridized carbons (Fsp3) is 0.667. The summed E-state index contributed by atoms with van der Waals surface area (Å²) in [5, 5.41) is 73.1. The third-order valence-electron chi connectivity index (χ3n) is 4.65. The van der Waals surface area contributed by atoms with Gasteiger partial charge in [0.2, 0.25) is 0 Å². The maximum atomic E-state index is 11.4. The molecule has 9 atom stereocenters. The minimum absolute atomic E-state index is 0. The second-order valence-electron chi connectivity index (χ2n) is 7.35. The molecule has 24 heteroatoms. The standard InChI is InChI=1S/C9H12N2O6.C6H14O12P2.2Na/c12-3-4-6(14)7(15)8(17-4)11-2-1-5(13)10-9(11)16;7-1-2(8)3(9)4(10)5(11)6(12)19(13,14)18-20(15,16)17;;/h1-2,4,6-8,12,14-15H,3H2,(H,10,13,16);2-5,7-11H,1H2,(H,13,14)(H2,15,16,17);;/t4-,6-,7-,8-;2-,3-,4+,5-;;/m11../s1. The van der Waals surface area contributed by atoms with Gasteiger partial charge in [0.05, 0.1) is 13.2 Å². The third kappa shape index (κ3) is 11.8. The third-order valence-corrected chi connectivity index (χ3v) is 7.20. The number of H-pyrrole nitrogens is 1. The van der Waals surface area contributed by atoms with Crippen LogP contribution in [0.15, 0.2) is 21.9 Å². The summed E-state index contributed by atoms with van der Waals surface area (Å²) in [5.41, 5.74) is -3.54. The van der Waals surface area contributed by atoms with E-state index >= 15 is 0 Å². The molecule has 20 nitrogen and oxygen atoms in total. The van der Waals surface area contributed by atoms with E-state index in [9.17, 15) is 43.9 Å². The van der Waals surface area contributed by atoms with Crippen LogP contribution in [0.3, 0.4) is 0 Å². The summed E-state index contributed by atoms with van der Waals surface area (Å²) in [7, 11) is -11.2. The molecular weight excluding hydrogens is 604 g/mol. The van der Waals surface area contributed by atoms with Crippen molar-refractivity contribution in [2.24, 2.45) is 0 Å². The van der Waals surface area contributed by atoms with Gasteiger partial charge in [0.25, 0.3) is 11.1 Å². The summed E-state index contributed by atoms with van der Waals surface area (Å²) in [4.78, 5) is 61.1. The van der Waals surface area contributed by atoms with E-state index in [-0.39, 0.29) is 59.1 Å². The summed E-state index contributed by atoms with van der Waals surface area (Å²) in [6, 6.07) is 1.09. The van der Waals surface area contributed by atoms with Crippen molar-refractivity contribution in [2.45, 2.75) is 49.0 Å². The number of nitrogens with zero attached hydrogens (tertiary/aromatic N) is 1. The van der Waals surface area contributed by atoms with Gasteiger partial charge in [-0.15, -0.1) is 0 Å². The van der Waals surface area contributed by atoms with Crippen LogP contribution in [0.2, 0.25) is 0 Å². The van der Waals surface area contributed by atoms with Crippen molar-refractivity contribution in [3.8, 4) is 0 Å². The normalized spacial score (nSPS) is 25.4. The van der Waals surface area contributed by atoms with E-state index in [4.69, 9.17) is 39.8 Å². The van der Waals surface area contributed by atoms with Gasteiger partial charge < -0.3 is 60.3 Å². The van der Waals surface area contributed by atoms with E-state index in [1.54, 1.807) is 0 Å². The van der Waals surface area contributed by atoms with Crippen LogP contribution < -0.4 is 11.2 Å². The smallest absolute Gasteiger partial charge is 0.394 e. The van der Waals surface area contributed by atoms with Crippen LogP contribution in [-0.2, 0) is 23.0 Å². The first-order chi connectivity index (χ1) is 16.9. The number of ether oxygens (including phenoxy) is 1. The van der Waals surface area contributed by atoms with Crippen molar-refractivity contribution in [2.75, 3.05) is 13.2 Å². The maximum absolute atomic E-state index is 11.4. The summed E-state index contributed by atoms with van der Waals surface area (Å²) in [6.45, 7) is -1.54. The number of hydrogen-bond acceptors (Lipinski definition) is 15. The zero-order chi connectivity index (χ0) is 28.9. The Hall–Kier alpha value is 0.290. The first kappa shape index (κ1) is 41.4. The van der Waals surface area contributed by atoms with E-state index in [1.807, 2.05) is 4.98 Å². The molecule has 39 heavy (non-hydrogen) atoms. The monoisotopic (exact) mass is 630 g/mol. The topological polar surface area (TPSA) is 347 Å². The molecule has 0 aromatic carbocycles. The van der Waals surface area contributed by atoms with Crippen molar-refractivity contribution >= 4 is 80.1 Å². The number of aromatic nitrogens is 2. The largest absolute Gasteiger partial charge is 0.477 e. The van der Waals surface area contributed by atoms with Crippen molar-refractivity contribution in [3.63, 3.8) is 0 Å². The van der Waals surface area contributed by atoms with Gasteiger partial charge in [0.15, 0.2) is 12.3 Å². The number of rotatable bonds is 10. The van der Waals surface area contributed by atoms with Gasteiger partial charge >= 0.3 is 21.1 Å². The molecule has 2 radical (unpaired) electrons. The van der Waals surface area contributed by atoms with Crippen molar-refractivity contribution < 1.29 is 78.5 Å². The predicted octanol–water partition coefficient (Wildman–Crippen LogP) is -7.37. The fourth-order valence-corrected chi connectivity index (χ4v) is 4.72. The molecule has 0 bridgehead atoms. The van der Waals surface area contributed by atoms with Gasteiger partial charge in [0.1, 0.15) is 36.6 Å². The Morgan fingerprint density at radius 3 is 1.97 bits per heavy atom. The van der Waals surface area contributed by atoms with Crippen molar-refractivity contribution in [1.82, 2.24) is 9.55 Å². The predicted molar refractivity (Wildman–Crippen MR) is 125 cm³/mol. The van der Waals surface area contributed by atoms with Crippen LogP contribution in [0, 0.1) is 0 Å². The number of carbonyl (C=O) groups excluding carboxylic acids is 1. The quantitative estimate of drug-likeness (QED) is 0.0843. The van der Waals surface area contributed by atoms with Crippen LogP contribution in [0.25, 0.3) is 0 Å². The van der Waals surface area contributed by atoms with Crippen LogP contribution in [-0.4, -0.2) is 186 Å². The second kappa shape index (κ2) is 17.4. The molecule has 216 valence electrons. The van der Waals surface area contributed by atoms with Crippen LogP contribution >= 0.6 is 15.4 Å². The van der Waals surface area contributed by atoms with Gasteiger partial charge in [-0.05, 0) is 0 Å². The summed E-state index contributed by atoms with van der Waals surface area (Å²) >= 11 is 0. The molecule has 0 spiro atoms. The minimum Gasteiger partial charge on any atom is -0.394 e. The molecule has 12 N–H and O–H groups in total. The SMILES string of the molecule is O=C([C@H](O)[C@@H](O)[C@H](O)[C@H](O)CO)P(=O)(O)OP(=O)(O)O.O=c1ccn([C@@H]2O[C@H](CO)[C@@H](O)[C@H]2O)c(=O)[nH]1.[Na].[Na]. The van der Waals surface area contributed by atoms with Gasteiger partial charge in [-0.1, -0.05) is 0 Å². The first-order valence-electron chi connectivity index (χ1n) is 9.79. The number of hydrogen-bond donors (Lipinski definition) is 12. The Morgan fingerprint density at radius 2 is 1.56 bits per heavy atom. The molecule has 1 saturated heterocycles. The van der Waals surface area contributed by atoms with Gasteiger partial charge in [-0.25, -0.2) is 13.7 Å². The molecule has 1 unspecified atom stereocenters. The summed E-state index contributed by atoms with van der Waals surface area (Å²) in [5.74, 6) is 0. The van der Waals surface area contributed by atoms with Gasteiger partial charge in [-0.3, -0.25) is 23.7 Å². The molecule has 1 fully saturated rings.